The first-order valence-corrected chi connectivity index (χ1v) is 13.9. The lowest BCUT2D eigenvalue weighted by atomic mass is 9.91. The molecule has 7 nitrogen and oxygen atoms in total. The highest BCUT2D eigenvalue weighted by Gasteiger charge is 2.62. The summed E-state index contributed by atoms with van der Waals surface area (Å²) in [6.45, 7) is 6.48. The van der Waals surface area contributed by atoms with Crippen molar-refractivity contribution in [2.75, 3.05) is 0 Å². The first-order chi connectivity index (χ1) is 15.4. The lowest BCUT2D eigenvalue weighted by Gasteiger charge is -2.43. The number of Topliss-reactive ketones (excluding diaryl/α,β-unsaturated/α-hetero) is 1. The number of rotatable bonds is 8. The number of sulfonamides is 1. The van der Waals surface area contributed by atoms with Crippen LogP contribution < -0.4 is 4.72 Å². The van der Waals surface area contributed by atoms with E-state index in [2.05, 4.69) is 4.72 Å². The molecule has 0 bridgehead atoms. The highest BCUT2D eigenvalue weighted by molar-refractivity contribution is 7.90. The molecule has 33 heavy (non-hydrogen) atoms. The Morgan fingerprint density at radius 1 is 0.909 bits per heavy atom. The summed E-state index contributed by atoms with van der Waals surface area (Å²) < 4.78 is 55.7. The molecule has 11 heteroatoms. The Hall–Kier alpha value is -1.51. The summed E-state index contributed by atoms with van der Waals surface area (Å²) >= 11 is 12.9. The fourth-order valence-corrected chi connectivity index (χ4v) is 8.78. The van der Waals surface area contributed by atoms with Crippen molar-refractivity contribution in [3.63, 3.8) is 0 Å². The Morgan fingerprint density at radius 3 is 1.97 bits per heavy atom. The molecule has 1 unspecified atom stereocenters. The molecule has 0 saturated heterocycles. The normalized spacial score (nSPS) is 19.3. The second-order valence-electron chi connectivity index (χ2n) is 7.94. The minimum absolute atomic E-state index is 0.0218. The van der Waals surface area contributed by atoms with E-state index in [4.69, 9.17) is 32.2 Å². The third kappa shape index (κ3) is 4.71. The largest absolute Gasteiger partial charge is 0.362 e. The summed E-state index contributed by atoms with van der Waals surface area (Å²) in [5, 5.41) is -3.28. The van der Waals surface area contributed by atoms with Crippen molar-refractivity contribution in [2.45, 2.75) is 50.1 Å². The van der Waals surface area contributed by atoms with E-state index in [0.29, 0.717) is 0 Å². The first-order valence-electron chi connectivity index (χ1n) is 10.1. The van der Waals surface area contributed by atoms with Gasteiger partial charge in [0.05, 0.1) is 22.1 Å². The molecular weight excluding hydrogens is 508 g/mol. The molecule has 3 rings (SSSR count). The van der Waals surface area contributed by atoms with E-state index < -0.39 is 51.0 Å². The minimum Gasteiger partial charge on any atom is -0.304 e. The van der Waals surface area contributed by atoms with Gasteiger partial charge in [0, 0.05) is 11.1 Å². The molecular formula is C22H24Cl2NO6PS. The van der Waals surface area contributed by atoms with Crippen molar-refractivity contribution < 1.29 is 26.8 Å². The van der Waals surface area contributed by atoms with Gasteiger partial charge in [0.1, 0.15) is 5.03 Å². The van der Waals surface area contributed by atoms with Gasteiger partial charge in [-0.1, -0.05) is 65.7 Å². The van der Waals surface area contributed by atoms with Crippen LogP contribution in [0.5, 0.6) is 0 Å². The van der Waals surface area contributed by atoms with Gasteiger partial charge >= 0.3 is 7.60 Å². The fourth-order valence-electron chi connectivity index (χ4n) is 3.51. The first kappa shape index (κ1) is 26.1. The maximum atomic E-state index is 14.6. The van der Waals surface area contributed by atoms with Crippen LogP contribution in [0.2, 0.25) is 0 Å². The van der Waals surface area contributed by atoms with Crippen molar-refractivity contribution >= 4 is 46.6 Å². The van der Waals surface area contributed by atoms with Gasteiger partial charge in [0.15, 0.2) is 5.28 Å². The molecule has 0 fully saturated rings. The van der Waals surface area contributed by atoms with E-state index in [1.165, 1.54) is 24.3 Å². The number of halogens is 2. The lowest BCUT2D eigenvalue weighted by molar-refractivity contribution is 0.103. The summed E-state index contributed by atoms with van der Waals surface area (Å²) in [6.07, 6.45) is -1.30. The third-order valence-electron chi connectivity index (χ3n) is 4.72. The topological polar surface area (TPSA) is 98.8 Å². The van der Waals surface area contributed by atoms with Crippen LogP contribution in [0.3, 0.4) is 0 Å². The summed E-state index contributed by atoms with van der Waals surface area (Å²) in [5.74, 6) is -0.632. The van der Waals surface area contributed by atoms with Crippen molar-refractivity contribution in [1.29, 1.82) is 0 Å². The maximum absolute atomic E-state index is 14.6. The van der Waals surface area contributed by atoms with Crippen molar-refractivity contribution in [1.82, 2.24) is 4.72 Å². The van der Waals surface area contributed by atoms with Crippen LogP contribution in [-0.2, 0) is 28.9 Å². The van der Waals surface area contributed by atoms with Gasteiger partial charge in [-0.2, -0.15) is 4.72 Å². The molecule has 2 aromatic carbocycles. The van der Waals surface area contributed by atoms with Gasteiger partial charge in [0.25, 0.3) is 0 Å². The van der Waals surface area contributed by atoms with Crippen LogP contribution in [0.25, 0.3) is 0 Å². The SMILES string of the molecule is CC(C)OP(=O)(OC(C)C)C1(NS(=O)(=O)c2ccccc2)C(Cl)=C(Cl)C(=O)c2ccccc21. The molecule has 1 aliphatic rings. The van der Waals surface area contributed by atoms with E-state index >= 15 is 0 Å². The molecule has 1 aliphatic carbocycles. The van der Waals surface area contributed by atoms with Gasteiger partial charge in [-0.3, -0.25) is 9.36 Å². The Morgan fingerprint density at radius 2 is 1.42 bits per heavy atom. The minimum atomic E-state index is -4.52. The second-order valence-corrected chi connectivity index (χ2v) is 12.5. The summed E-state index contributed by atoms with van der Waals surface area (Å²) in [7, 11) is -8.88. The number of nitrogens with one attached hydrogen (secondary N) is 1. The zero-order valence-electron chi connectivity index (χ0n) is 18.4. The molecule has 0 amide bonds. The third-order valence-corrected chi connectivity index (χ3v) is 10.2. The number of hydrogen-bond donors (Lipinski definition) is 1. The van der Waals surface area contributed by atoms with Crippen molar-refractivity contribution in [2.24, 2.45) is 0 Å². The molecule has 0 radical (unpaired) electrons. The number of fused-ring (bicyclic) bond motifs is 1. The molecule has 0 spiro atoms. The number of carbonyl (C=O) groups is 1. The van der Waals surface area contributed by atoms with Crippen LogP contribution >= 0.6 is 30.8 Å². The zero-order chi connectivity index (χ0) is 24.6. The smallest absolute Gasteiger partial charge is 0.304 e. The van der Waals surface area contributed by atoms with E-state index in [-0.39, 0.29) is 16.0 Å². The molecule has 0 aromatic heterocycles. The molecule has 1 atom stereocenters. The average Bonchev–Trinajstić information content (AvgIpc) is 2.74. The lowest BCUT2D eigenvalue weighted by Crippen LogP contribution is -2.50. The molecule has 1 N–H and O–H groups in total. The van der Waals surface area contributed by atoms with Crippen LogP contribution in [0, 0.1) is 0 Å². The van der Waals surface area contributed by atoms with Crippen molar-refractivity contribution in [3.8, 4) is 0 Å². The predicted molar refractivity (Wildman–Crippen MR) is 128 cm³/mol. The highest BCUT2D eigenvalue weighted by Crippen LogP contribution is 2.70. The number of carbonyl (C=O) groups excluding carboxylic acids is 1. The number of allylic oxidation sites excluding steroid dienone is 1. The van der Waals surface area contributed by atoms with E-state index in [1.807, 2.05) is 0 Å². The Kier molecular flexibility index (Phi) is 7.61. The van der Waals surface area contributed by atoms with E-state index in [1.54, 1.807) is 58.0 Å². The van der Waals surface area contributed by atoms with Gasteiger partial charge in [-0.15, -0.1) is 0 Å². The molecule has 0 heterocycles. The predicted octanol–water partition coefficient (Wildman–Crippen LogP) is 5.75. The van der Waals surface area contributed by atoms with Gasteiger partial charge in [0.2, 0.25) is 15.8 Å². The van der Waals surface area contributed by atoms with E-state index in [9.17, 15) is 17.8 Å². The van der Waals surface area contributed by atoms with Gasteiger partial charge in [-0.25, -0.2) is 8.42 Å². The number of ketones is 1. The molecule has 178 valence electrons. The van der Waals surface area contributed by atoms with Crippen LogP contribution in [0.15, 0.2) is 69.6 Å². The number of benzene rings is 2. The summed E-state index contributed by atoms with van der Waals surface area (Å²) in [5.41, 5.74) is 0.0520. The Bertz CT molecular complexity index is 1230. The molecule has 0 aliphatic heterocycles. The quantitative estimate of drug-likeness (QED) is 0.435. The average molecular weight is 532 g/mol. The van der Waals surface area contributed by atoms with Crippen LogP contribution in [0.1, 0.15) is 43.6 Å². The maximum Gasteiger partial charge on any atom is 0.362 e. The zero-order valence-corrected chi connectivity index (χ0v) is 21.6. The second kappa shape index (κ2) is 9.62. The standard InChI is InChI=1S/C22H24Cl2NO6PS/c1-14(2)30-32(27,31-15(3)4)22(25-33(28,29)16-10-6-5-7-11-16)18-13-9-8-12-17(18)20(26)19(23)21(22)24/h5-15,25H,1-4H3. The fraction of sp³-hybridized carbons (Fsp3) is 0.318. The number of hydrogen-bond acceptors (Lipinski definition) is 6. The summed E-state index contributed by atoms with van der Waals surface area (Å²) in [6, 6.07) is 13.5. The Balaban J connectivity index is 2.43. The van der Waals surface area contributed by atoms with Crippen LogP contribution in [-0.4, -0.2) is 26.4 Å². The Labute approximate surface area is 203 Å². The van der Waals surface area contributed by atoms with Crippen LogP contribution in [0.4, 0.5) is 0 Å². The monoisotopic (exact) mass is 531 g/mol. The highest BCUT2D eigenvalue weighted by atomic mass is 35.5. The summed E-state index contributed by atoms with van der Waals surface area (Å²) in [4.78, 5) is 12.8. The molecule has 0 saturated carbocycles. The van der Waals surface area contributed by atoms with Crippen molar-refractivity contribution in [3.05, 3.63) is 75.8 Å². The van der Waals surface area contributed by atoms with Gasteiger partial charge < -0.3 is 9.05 Å². The van der Waals surface area contributed by atoms with E-state index in [0.717, 1.165) is 0 Å². The molecule has 2 aromatic rings. The van der Waals surface area contributed by atoms with Gasteiger partial charge in [-0.05, 0) is 39.8 Å².